The van der Waals surface area contributed by atoms with Gasteiger partial charge in [0.15, 0.2) is 11.6 Å². The Morgan fingerprint density at radius 3 is 2.40 bits per heavy atom. The van der Waals surface area contributed by atoms with Crippen molar-refractivity contribution in [1.82, 2.24) is 0 Å². The third-order valence-electron chi connectivity index (χ3n) is 4.48. The Labute approximate surface area is 120 Å². The van der Waals surface area contributed by atoms with Crippen LogP contribution in [0.25, 0.3) is 0 Å². The van der Waals surface area contributed by atoms with Crippen molar-refractivity contribution in [1.29, 1.82) is 0 Å². The summed E-state index contributed by atoms with van der Waals surface area (Å²) in [7, 11) is 1.49. The lowest BCUT2D eigenvalue weighted by Gasteiger charge is -2.29. The molecule has 2 rings (SSSR count). The molecule has 112 valence electrons. The van der Waals surface area contributed by atoms with Gasteiger partial charge in [-0.25, -0.2) is 8.78 Å². The molecule has 0 N–H and O–H groups in total. The van der Waals surface area contributed by atoms with Crippen molar-refractivity contribution in [2.75, 3.05) is 7.11 Å². The van der Waals surface area contributed by atoms with Crippen molar-refractivity contribution < 1.29 is 13.5 Å². The molecular weight excluding hydrogens is 258 g/mol. The minimum absolute atomic E-state index is 0.117. The van der Waals surface area contributed by atoms with Crippen LogP contribution < -0.4 is 0 Å². The summed E-state index contributed by atoms with van der Waals surface area (Å²) >= 11 is 0. The molecule has 20 heavy (non-hydrogen) atoms. The highest BCUT2D eigenvalue weighted by atomic mass is 19.2. The number of rotatable bonds is 5. The van der Waals surface area contributed by atoms with E-state index in [1.165, 1.54) is 20.0 Å². The second-order valence-corrected chi connectivity index (χ2v) is 5.88. The van der Waals surface area contributed by atoms with E-state index in [9.17, 15) is 8.78 Å². The van der Waals surface area contributed by atoms with Gasteiger partial charge in [0.25, 0.3) is 0 Å². The zero-order chi connectivity index (χ0) is 14.5. The van der Waals surface area contributed by atoms with Crippen LogP contribution in [-0.2, 0) is 11.3 Å². The summed E-state index contributed by atoms with van der Waals surface area (Å²) in [6.07, 6.45) is 6.70. The van der Waals surface area contributed by atoms with Gasteiger partial charge < -0.3 is 4.74 Å². The van der Waals surface area contributed by atoms with E-state index in [2.05, 4.69) is 6.92 Å². The molecule has 0 amide bonds. The predicted molar refractivity (Wildman–Crippen MR) is 76.7 cm³/mol. The summed E-state index contributed by atoms with van der Waals surface area (Å²) < 4.78 is 33.0. The van der Waals surface area contributed by atoms with Gasteiger partial charge in [0.1, 0.15) is 0 Å². The zero-order valence-corrected chi connectivity index (χ0v) is 12.4. The molecule has 3 heteroatoms. The monoisotopic (exact) mass is 282 g/mol. The Morgan fingerprint density at radius 2 is 1.80 bits per heavy atom. The number of methoxy groups -OCH3 is 1. The van der Waals surface area contributed by atoms with E-state index in [1.807, 2.05) is 0 Å². The average Bonchev–Trinajstić information content (AvgIpc) is 2.46. The maximum absolute atomic E-state index is 14.2. The Balaban J connectivity index is 2.08. The fourth-order valence-corrected chi connectivity index (χ4v) is 3.36. The molecule has 0 spiro atoms. The molecule has 1 nitrogen and oxygen atoms in total. The summed E-state index contributed by atoms with van der Waals surface area (Å²) in [5.41, 5.74) is 0.853. The lowest BCUT2D eigenvalue weighted by Crippen LogP contribution is -2.15. The third kappa shape index (κ3) is 3.38. The predicted octanol–water partition coefficient (Wildman–Crippen LogP) is 5.19. The van der Waals surface area contributed by atoms with E-state index < -0.39 is 11.6 Å². The van der Waals surface area contributed by atoms with Gasteiger partial charge in [-0.2, -0.15) is 0 Å². The van der Waals surface area contributed by atoms with Crippen LogP contribution in [0, 0.1) is 17.6 Å². The average molecular weight is 282 g/mol. The Morgan fingerprint density at radius 1 is 1.10 bits per heavy atom. The molecule has 0 bridgehead atoms. The minimum Gasteiger partial charge on any atom is -0.380 e. The second-order valence-electron chi connectivity index (χ2n) is 5.88. The molecular formula is C17H24F2O. The molecule has 0 radical (unpaired) electrons. The first kappa shape index (κ1) is 15.4. The summed E-state index contributed by atoms with van der Waals surface area (Å²) in [6, 6.07) is 3.41. The molecule has 0 saturated heterocycles. The second kappa shape index (κ2) is 7.16. The fraction of sp³-hybridized carbons (Fsp3) is 0.647. The highest BCUT2D eigenvalue weighted by molar-refractivity contribution is 5.29. The topological polar surface area (TPSA) is 9.23 Å². The van der Waals surface area contributed by atoms with Crippen molar-refractivity contribution in [3.8, 4) is 0 Å². The van der Waals surface area contributed by atoms with Gasteiger partial charge in [-0.1, -0.05) is 31.9 Å². The normalized spacial score (nSPS) is 23.0. The maximum Gasteiger partial charge on any atom is 0.164 e. The lowest BCUT2D eigenvalue weighted by atomic mass is 9.77. The van der Waals surface area contributed by atoms with E-state index in [-0.39, 0.29) is 12.5 Å². The zero-order valence-electron chi connectivity index (χ0n) is 12.4. The molecule has 1 aliphatic rings. The van der Waals surface area contributed by atoms with Crippen LogP contribution in [0.3, 0.4) is 0 Å². The maximum atomic E-state index is 14.2. The fourth-order valence-electron chi connectivity index (χ4n) is 3.36. The standard InChI is InChI=1S/C17H24F2O/c1-3-4-12-5-7-13(8-6-12)15-10-9-14(11-20-2)16(18)17(15)19/h9-10,12-13H,3-8,11H2,1-2H3. The van der Waals surface area contributed by atoms with Crippen LogP contribution in [0.2, 0.25) is 0 Å². The van der Waals surface area contributed by atoms with Crippen LogP contribution in [0.15, 0.2) is 12.1 Å². The molecule has 1 aromatic carbocycles. The molecule has 1 aliphatic carbocycles. The summed E-state index contributed by atoms with van der Waals surface area (Å²) in [4.78, 5) is 0. The molecule has 1 saturated carbocycles. The van der Waals surface area contributed by atoms with Gasteiger partial charge in [-0.05, 0) is 43.1 Å². The summed E-state index contributed by atoms with van der Waals surface area (Å²) in [5, 5.41) is 0. The van der Waals surface area contributed by atoms with E-state index >= 15 is 0 Å². The van der Waals surface area contributed by atoms with Crippen molar-refractivity contribution in [3.63, 3.8) is 0 Å². The first-order valence-corrected chi connectivity index (χ1v) is 7.63. The first-order valence-electron chi connectivity index (χ1n) is 7.63. The quantitative estimate of drug-likeness (QED) is 0.722. The largest absolute Gasteiger partial charge is 0.380 e. The number of halogens is 2. The van der Waals surface area contributed by atoms with E-state index in [0.717, 1.165) is 31.6 Å². The summed E-state index contributed by atoms with van der Waals surface area (Å²) in [5.74, 6) is -0.454. The molecule has 0 aliphatic heterocycles. The Kier molecular flexibility index (Phi) is 5.53. The first-order chi connectivity index (χ1) is 9.67. The van der Waals surface area contributed by atoms with Crippen LogP contribution >= 0.6 is 0 Å². The van der Waals surface area contributed by atoms with Crippen molar-refractivity contribution in [2.24, 2.45) is 5.92 Å². The van der Waals surface area contributed by atoms with Gasteiger partial charge in [0, 0.05) is 12.7 Å². The van der Waals surface area contributed by atoms with E-state index in [0.29, 0.717) is 11.1 Å². The molecule has 0 unspecified atom stereocenters. The number of hydrogen-bond donors (Lipinski definition) is 0. The third-order valence-corrected chi connectivity index (χ3v) is 4.48. The van der Waals surface area contributed by atoms with Gasteiger partial charge >= 0.3 is 0 Å². The number of benzene rings is 1. The highest BCUT2D eigenvalue weighted by Crippen LogP contribution is 2.39. The van der Waals surface area contributed by atoms with Crippen molar-refractivity contribution >= 4 is 0 Å². The van der Waals surface area contributed by atoms with E-state index in [1.54, 1.807) is 12.1 Å². The van der Waals surface area contributed by atoms with Crippen LogP contribution in [0.5, 0.6) is 0 Å². The van der Waals surface area contributed by atoms with Gasteiger partial charge in [-0.3, -0.25) is 0 Å². The molecule has 1 aromatic rings. The van der Waals surface area contributed by atoms with Gasteiger partial charge in [0.05, 0.1) is 6.61 Å². The van der Waals surface area contributed by atoms with Crippen LogP contribution in [-0.4, -0.2) is 7.11 Å². The highest BCUT2D eigenvalue weighted by Gasteiger charge is 2.25. The van der Waals surface area contributed by atoms with Crippen molar-refractivity contribution in [3.05, 3.63) is 34.9 Å². The van der Waals surface area contributed by atoms with Gasteiger partial charge in [-0.15, -0.1) is 0 Å². The number of hydrogen-bond acceptors (Lipinski definition) is 1. The molecule has 0 aromatic heterocycles. The minimum atomic E-state index is -0.736. The van der Waals surface area contributed by atoms with E-state index in [4.69, 9.17) is 4.74 Å². The van der Waals surface area contributed by atoms with Crippen molar-refractivity contribution in [2.45, 2.75) is 58.0 Å². The van der Waals surface area contributed by atoms with Crippen LogP contribution in [0.1, 0.15) is 62.5 Å². The molecule has 0 heterocycles. The smallest absolute Gasteiger partial charge is 0.164 e. The van der Waals surface area contributed by atoms with Gasteiger partial charge in [0.2, 0.25) is 0 Å². The molecule has 1 fully saturated rings. The Hall–Kier alpha value is -0.960. The molecule has 0 atom stereocenters. The SMILES string of the molecule is CCCC1CCC(c2ccc(COC)c(F)c2F)CC1. The Bertz CT molecular complexity index is 437. The van der Waals surface area contributed by atoms with Crippen LogP contribution in [0.4, 0.5) is 8.78 Å². The summed E-state index contributed by atoms with van der Waals surface area (Å²) in [6.45, 7) is 2.32. The number of ether oxygens (including phenoxy) is 1. The lowest BCUT2D eigenvalue weighted by molar-refractivity contribution is 0.180.